The van der Waals surface area contributed by atoms with Crippen molar-refractivity contribution in [2.75, 3.05) is 26.2 Å². The Kier molecular flexibility index (Phi) is 6.74. The second-order valence-electron chi connectivity index (χ2n) is 7.74. The van der Waals surface area contributed by atoms with Crippen molar-refractivity contribution >= 4 is 26.8 Å². The van der Waals surface area contributed by atoms with Gasteiger partial charge < -0.3 is 9.84 Å². The van der Waals surface area contributed by atoms with Crippen molar-refractivity contribution < 1.29 is 23.1 Å². The first-order valence-electron chi connectivity index (χ1n) is 10.6. The van der Waals surface area contributed by atoms with E-state index in [2.05, 4.69) is 0 Å². The molecule has 1 saturated heterocycles. The molecular weight excluding hydrogens is 428 g/mol. The summed E-state index contributed by atoms with van der Waals surface area (Å²) in [5.74, 6) is -0.225. The molecule has 0 aliphatic carbocycles. The van der Waals surface area contributed by atoms with Crippen LogP contribution in [0.2, 0.25) is 0 Å². The lowest BCUT2D eigenvalue weighted by atomic mass is 10.1. The number of fused-ring (bicyclic) bond motifs is 1. The lowest BCUT2D eigenvalue weighted by molar-refractivity contribution is -0.138. The molecule has 1 unspecified atom stereocenters. The number of para-hydroxylation sites is 1. The molecule has 32 heavy (non-hydrogen) atoms. The molecule has 168 valence electrons. The maximum atomic E-state index is 13.4. The molecule has 3 aromatic rings. The number of carboxylic acid groups (broad SMARTS) is 1. The molecule has 4 rings (SSSR count). The number of aliphatic carboxylic acids is 1. The third-order valence-corrected chi connectivity index (χ3v) is 7.63. The van der Waals surface area contributed by atoms with Crippen LogP contribution in [0.5, 0.6) is 5.75 Å². The summed E-state index contributed by atoms with van der Waals surface area (Å²) in [6.07, 6.45) is -0.136. The van der Waals surface area contributed by atoms with Crippen LogP contribution in [0.25, 0.3) is 10.8 Å². The first-order valence-corrected chi connectivity index (χ1v) is 12.0. The van der Waals surface area contributed by atoms with E-state index in [4.69, 9.17) is 9.84 Å². The maximum Gasteiger partial charge on any atom is 0.303 e. The van der Waals surface area contributed by atoms with E-state index < -0.39 is 22.2 Å². The van der Waals surface area contributed by atoms with Crippen molar-refractivity contribution in [1.29, 1.82) is 0 Å². The van der Waals surface area contributed by atoms with Crippen molar-refractivity contribution in [1.82, 2.24) is 9.21 Å². The van der Waals surface area contributed by atoms with E-state index in [9.17, 15) is 13.2 Å². The SMILES string of the molecule is O=C(O)CCC(Oc1ccccc1)N1CCN(S(=O)(=O)c2cccc3ccccc23)CC1. The average Bonchev–Trinajstić information content (AvgIpc) is 2.82. The maximum absolute atomic E-state index is 13.4. The lowest BCUT2D eigenvalue weighted by Crippen LogP contribution is -2.53. The second-order valence-corrected chi connectivity index (χ2v) is 9.64. The Morgan fingerprint density at radius 1 is 0.906 bits per heavy atom. The molecule has 1 heterocycles. The third kappa shape index (κ3) is 4.93. The number of sulfonamides is 1. The third-order valence-electron chi connectivity index (χ3n) is 5.67. The Balaban J connectivity index is 1.49. The minimum Gasteiger partial charge on any atom is -0.481 e. The van der Waals surface area contributed by atoms with Crippen LogP contribution >= 0.6 is 0 Å². The first-order chi connectivity index (χ1) is 15.4. The first kappa shape index (κ1) is 22.3. The van der Waals surface area contributed by atoms with E-state index in [-0.39, 0.29) is 6.42 Å². The summed E-state index contributed by atoms with van der Waals surface area (Å²) >= 11 is 0. The summed E-state index contributed by atoms with van der Waals surface area (Å²) in [6, 6.07) is 22.0. The molecule has 0 spiro atoms. The average molecular weight is 455 g/mol. The standard InChI is InChI=1S/C24H26N2O5S/c27-24(28)14-13-23(31-20-9-2-1-3-10-20)25-15-17-26(18-16-25)32(29,30)22-12-6-8-19-7-4-5-11-21(19)22/h1-12,23H,13-18H2,(H,27,28). The van der Waals surface area contributed by atoms with E-state index in [0.29, 0.717) is 48.6 Å². The molecule has 3 aromatic carbocycles. The number of piperazine rings is 1. The second kappa shape index (κ2) is 9.68. The highest BCUT2D eigenvalue weighted by atomic mass is 32.2. The van der Waals surface area contributed by atoms with Crippen LogP contribution in [0, 0.1) is 0 Å². The van der Waals surface area contributed by atoms with Crippen molar-refractivity contribution in [3.8, 4) is 5.75 Å². The number of carbonyl (C=O) groups is 1. The predicted molar refractivity (Wildman–Crippen MR) is 122 cm³/mol. The molecule has 0 aromatic heterocycles. The fourth-order valence-corrected chi connectivity index (χ4v) is 5.65. The number of carboxylic acids is 1. The molecule has 1 N–H and O–H groups in total. The molecular formula is C24H26N2O5S. The minimum absolute atomic E-state index is 0.0218. The molecule has 8 heteroatoms. The zero-order valence-electron chi connectivity index (χ0n) is 17.6. The van der Waals surface area contributed by atoms with E-state index >= 15 is 0 Å². The van der Waals surface area contributed by atoms with Crippen LogP contribution in [-0.2, 0) is 14.8 Å². The van der Waals surface area contributed by atoms with Gasteiger partial charge in [-0.2, -0.15) is 4.31 Å². The van der Waals surface area contributed by atoms with Crippen LogP contribution in [0.3, 0.4) is 0 Å². The van der Waals surface area contributed by atoms with E-state index in [1.807, 2.05) is 65.6 Å². The summed E-state index contributed by atoms with van der Waals surface area (Å²) in [6.45, 7) is 1.54. The Morgan fingerprint density at radius 3 is 2.28 bits per heavy atom. The molecule has 1 aliphatic heterocycles. The van der Waals surface area contributed by atoms with Crippen molar-refractivity contribution in [2.45, 2.75) is 24.0 Å². The molecule has 0 radical (unpaired) electrons. The molecule has 1 fully saturated rings. The summed E-state index contributed by atoms with van der Waals surface area (Å²) in [5, 5.41) is 10.7. The number of ether oxygens (including phenoxy) is 1. The van der Waals surface area contributed by atoms with Gasteiger partial charge in [0.05, 0.1) is 11.3 Å². The largest absolute Gasteiger partial charge is 0.481 e. The van der Waals surface area contributed by atoms with Crippen LogP contribution in [-0.4, -0.2) is 61.1 Å². The van der Waals surface area contributed by atoms with Gasteiger partial charge in [-0.25, -0.2) is 8.42 Å². The summed E-state index contributed by atoms with van der Waals surface area (Å²) in [4.78, 5) is 13.5. The Labute approximate surface area is 187 Å². The van der Waals surface area contributed by atoms with Crippen LogP contribution in [0.1, 0.15) is 12.8 Å². The molecule has 1 aliphatic rings. The van der Waals surface area contributed by atoms with E-state index in [1.165, 1.54) is 4.31 Å². The van der Waals surface area contributed by atoms with Gasteiger partial charge in [0.15, 0.2) is 6.23 Å². The van der Waals surface area contributed by atoms with Gasteiger partial charge in [0.25, 0.3) is 0 Å². The minimum atomic E-state index is -3.65. The lowest BCUT2D eigenvalue weighted by Gasteiger charge is -2.38. The zero-order valence-corrected chi connectivity index (χ0v) is 18.4. The quantitative estimate of drug-likeness (QED) is 0.561. The molecule has 0 amide bonds. The van der Waals surface area contributed by atoms with Gasteiger partial charge >= 0.3 is 5.97 Å². The fraction of sp³-hybridized carbons (Fsp3) is 0.292. The van der Waals surface area contributed by atoms with Crippen LogP contribution < -0.4 is 4.74 Å². The van der Waals surface area contributed by atoms with Gasteiger partial charge in [-0.3, -0.25) is 9.69 Å². The summed E-state index contributed by atoms with van der Waals surface area (Å²) < 4.78 is 34.3. The van der Waals surface area contributed by atoms with E-state index in [1.54, 1.807) is 12.1 Å². The Hall–Kier alpha value is -2.94. The van der Waals surface area contributed by atoms with Crippen LogP contribution in [0.4, 0.5) is 0 Å². The number of rotatable bonds is 8. The number of hydrogen-bond acceptors (Lipinski definition) is 5. The Morgan fingerprint density at radius 2 is 1.56 bits per heavy atom. The van der Waals surface area contributed by atoms with Crippen molar-refractivity contribution in [2.24, 2.45) is 0 Å². The monoisotopic (exact) mass is 454 g/mol. The molecule has 1 atom stereocenters. The smallest absolute Gasteiger partial charge is 0.303 e. The number of benzene rings is 3. The number of hydrogen-bond donors (Lipinski definition) is 1. The number of nitrogens with zero attached hydrogens (tertiary/aromatic N) is 2. The zero-order chi connectivity index (χ0) is 22.6. The molecule has 0 saturated carbocycles. The van der Waals surface area contributed by atoms with Crippen molar-refractivity contribution in [3.05, 3.63) is 72.8 Å². The van der Waals surface area contributed by atoms with Gasteiger partial charge in [0.2, 0.25) is 10.0 Å². The topological polar surface area (TPSA) is 87.2 Å². The highest BCUT2D eigenvalue weighted by Gasteiger charge is 2.32. The normalized spacial score (nSPS) is 16.6. The molecule has 0 bridgehead atoms. The van der Waals surface area contributed by atoms with Gasteiger partial charge in [-0.15, -0.1) is 0 Å². The van der Waals surface area contributed by atoms with Crippen molar-refractivity contribution in [3.63, 3.8) is 0 Å². The Bertz CT molecular complexity index is 1170. The van der Waals surface area contributed by atoms with Gasteiger partial charge in [0, 0.05) is 38.0 Å². The molecule has 7 nitrogen and oxygen atoms in total. The predicted octanol–water partition coefficient (Wildman–Crippen LogP) is 3.42. The van der Waals surface area contributed by atoms with Crippen LogP contribution in [0.15, 0.2) is 77.7 Å². The van der Waals surface area contributed by atoms with Gasteiger partial charge in [-0.1, -0.05) is 54.6 Å². The summed E-state index contributed by atoms with van der Waals surface area (Å²) in [5.41, 5.74) is 0. The van der Waals surface area contributed by atoms with Gasteiger partial charge in [0.1, 0.15) is 5.75 Å². The fourth-order valence-electron chi connectivity index (χ4n) is 4.01. The highest BCUT2D eigenvalue weighted by Crippen LogP contribution is 2.27. The summed E-state index contributed by atoms with van der Waals surface area (Å²) in [7, 11) is -3.65. The van der Waals surface area contributed by atoms with Gasteiger partial charge in [-0.05, 0) is 23.6 Å². The van der Waals surface area contributed by atoms with E-state index in [0.717, 1.165) is 5.39 Å². The highest BCUT2D eigenvalue weighted by molar-refractivity contribution is 7.89.